The van der Waals surface area contributed by atoms with Crippen LogP contribution in [0.2, 0.25) is 0 Å². The van der Waals surface area contributed by atoms with Crippen molar-refractivity contribution in [3.05, 3.63) is 60.4 Å². The molecule has 2 saturated heterocycles. The molecule has 10 nitrogen and oxygen atoms in total. The van der Waals surface area contributed by atoms with Gasteiger partial charge in [-0.3, -0.25) is 9.88 Å². The molecule has 1 aliphatic carbocycles. The zero-order valence-corrected chi connectivity index (χ0v) is 18.4. The van der Waals surface area contributed by atoms with E-state index in [-0.39, 0.29) is 35.4 Å². The molecule has 2 aliphatic heterocycles. The number of carbonyl (C=O) groups is 1. The molecule has 4 heterocycles. The highest BCUT2D eigenvalue weighted by Crippen LogP contribution is 2.63. The number of anilines is 1. The molecule has 2 aromatic heterocycles. The number of hydrogen-bond acceptors (Lipinski definition) is 8. The Morgan fingerprint density at radius 3 is 2.62 bits per heavy atom. The molecule has 3 aromatic rings. The smallest absolute Gasteiger partial charge is 0.416 e. The van der Waals surface area contributed by atoms with Crippen LogP contribution in [0.4, 0.5) is 14.9 Å². The summed E-state index contributed by atoms with van der Waals surface area (Å²) in [5.74, 6) is -1.02. The summed E-state index contributed by atoms with van der Waals surface area (Å²) in [4.78, 5) is 18.0. The molecule has 12 heteroatoms. The molecule has 3 fully saturated rings. The number of sulfone groups is 1. The number of cyclic esters (lactones) is 1. The van der Waals surface area contributed by atoms with Gasteiger partial charge in [-0.15, -0.1) is 5.10 Å². The Hall–Kier alpha value is -3.85. The lowest BCUT2D eigenvalue weighted by molar-refractivity contribution is 0.0922. The van der Waals surface area contributed by atoms with Crippen LogP contribution in [0.15, 0.2) is 48.9 Å². The Balaban J connectivity index is 1.23. The van der Waals surface area contributed by atoms with Crippen molar-refractivity contribution in [3.8, 4) is 17.2 Å². The summed E-state index contributed by atoms with van der Waals surface area (Å²) in [6, 6.07) is 10.0. The molecular formula is C22H17FN6O4S. The average molecular weight is 480 g/mol. The maximum atomic E-state index is 15.0. The summed E-state index contributed by atoms with van der Waals surface area (Å²) in [6.45, 7) is 0.158. The zero-order valence-electron chi connectivity index (χ0n) is 17.6. The molecule has 2 unspecified atom stereocenters. The number of hydrogen-bond donors (Lipinski definition) is 0. The third-order valence-corrected chi connectivity index (χ3v) is 8.63. The quantitative estimate of drug-likeness (QED) is 0.555. The summed E-state index contributed by atoms with van der Waals surface area (Å²) in [6.07, 6.45) is 3.27. The summed E-state index contributed by atoms with van der Waals surface area (Å²) < 4.78 is 45.3. The standard InChI is InChI=1S/C22H17FN6O4S/c23-18-7-14(28-9-20(33-21(28)30)29-6-5-26-27-29)2-3-15(18)13-1-4-19(25-8-13)22(12-24)16-10-34(31,32)11-17(16)22/h1-8,16-17,20H,9-11H2/t16-,17+,20?,22?. The second-order valence-corrected chi connectivity index (χ2v) is 10.9. The lowest BCUT2D eigenvalue weighted by atomic mass is 9.97. The van der Waals surface area contributed by atoms with E-state index in [1.165, 1.54) is 28.0 Å². The molecule has 0 radical (unpaired) electrons. The Morgan fingerprint density at radius 2 is 2.00 bits per heavy atom. The van der Waals surface area contributed by atoms with Crippen molar-refractivity contribution in [2.75, 3.05) is 23.0 Å². The van der Waals surface area contributed by atoms with E-state index in [1.807, 2.05) is 0 Å². The number of rotatable bonds is 4. The number of fused-ring (bicyclic) bond motifs is 1. The maximum Gasteiger partial charge on any atom is 0.416 e. The number of benzene rings is 1. The van der Waals surface area contributed by atoms with Crippen molar-refractivity contribution >= 4 is 21.6 Å². The van der Waals surface area contributed by atoms with E-state index in [0.717, 1.165) is 0 Å². The van der Waals surface area contributed by atoms with E-state index in [2.05, 4.69) is 21.4 Å². The molecule has 34 heavy (non-hydrogen) atoms. The van der Waals surface area contributed by atoms with Crippen LogP contribution in [0.1, 0.15) is 11.9 Å². The molecule has 3 aliphatic rings. The number of ether oxygens (including phenoxy) is 1. The van der Waals surface area contributed by atoms with E-state index in [1.54, 1.807) is 30.5 Å². The molecule has 1 aromatic carbocycles. The first kappa shape index (κ1) is 20.7. The number of nitrogens with zero attached hydrogens (tertiary/aromatic N) is 6. The first-order valence-electron chi connectivity index (χ1n) is 10.5. The average Bonchev–Trinajstić information content (AvgIpc) is 3.31. The van der Waals surface area contributed by atoms with Crippen molar-refractivity contribution in [1.82, 2.24) is 20.0 Å². The predicted molar refractivity (Wildman–Crippen MR) is 115 cm³/mol. The highest BCUT2D eigenvalue weighted by Gasteiger charge is 2.72. The Labute approximate surface area is 193 Å². The van der Waals surface area contributed by atoms with Crippen LogP contribution in [-0.2, 0) is 20.0 Å². The molecule has 172 valence electrons. The lowest BCUT2D eigenvalue weighted by Crippen LogP contribution is -2.24. The van der Waals surface area contributed by atoms with Gasteiger partial charge in [-0.05, 0) is 24.3 Å². The second-order valence-electron chi connectivity index (χ2n) is 8.70. The van der Waals surface area contributed by atoms with Gasteiger partial charge in [-0.25, -0.2) is 22.3 Å². The number of halogens is 1. The van der Waals surface area contributed by atoms with Crippen molar-refractivity contribution < 1.29 is 22.3 Å². The van der Waals surface area contributed by atoms with E-state index in [4.69, 9.17) is 4.74 Å². The number of aromatic nitrogens is 4. The van der Waals surface area contributed by atoms with Crippen LogP contribution in [-0.4, -0.2) is 52.5 Å². The first-order chi connectivity index (χ1) is 16.3. The fourth-order valence-corrected chi connectivity index (χ4v) is 7.34. The Morgan fingerprint density at radius 1 is 1.21 bits per heavy atom. The van der Waals surface area contributed by atoms with Gasteiger partial charge in [-0.2, -0.15) is 5.26 Å². The summed E-state index contributed by atoms with van der Waals surface area (Å²) in [5.41, 5.74) is 0.758. The molecule has 6 rings (SSSR count). The Kier molecular flexibility index (Phi) is 4.31. The van der Waals surface area contributed by atoms with Crippen molar-refractivity contribution in [3.63, 3.8) is 0 Å². The van der Waals surface area contributed by atoms with Crippen LogP contribution < -0.4 is 4.90 Å². The zero-order chi connectivity index (χ0) is 23.7. The normalized spacial score (nSPS) is 28.9. The van der Waals surface area contributed by atoms with Gasteiger partial charge < -0.3 is 4.74 Å². The molecule has 0 spiro atoms. The van der Waals surface area contributed by atoms with Crippen molar-refractivity contribution in [1.29, 1.82) is 5.26 Å². The van der Waals surface area contributed by atoms with E-state index in [0.29, 0.717) is 16.9 Å². The second kappa shape index (κ2) is 7.07. The summed E-state index contributed by atoms with van der Waals surface area (Å²) in [7, 11) is -3.10. The highest BCUT2D eigenvalue weighted by molar-refractivity contribution is 7.91. The molecule has 0 N–H and O–H groups in total. The summed E-state index contributed by atoms with van der Waals surface area (Å²) >= 11 is 0. The number of carbonyl (C=O) groups excluding carboxylic acids is 1. The van der Waals surface area contributed by atoms with Crippen LogP contribution in [0.5, 0.6) is 0 Å². The predicted octanol–water partition coefficient (Wildman–Crippen LogP) is 2.07. The van der Waals surface area contributed by atoms with Gasteiger partial charge in [0.1, 0.15) is 11.2 Å². The minimum absolute atomic E-state index is 0.00144. The monoisotopic (exact) mass is 480 g/mol. The summed E-state index contributed by atoms with van der Waals surface area (Å²) in [5, 5.41) is 17.3. The fourth-order valence-electron chi connectivity index (χ4n) is 5.12. The van der Waals surface area contributed by atoms with Crippen molar-refractivity contribution in [2.24, 2.45) is 11.8 Å². The number of pyridine rings is 1. The molecule has 1 amide bonds. The fraction of sp³-hybridized carbons (Fsp3) is 0.318. The van der Waals surface area contributed by atoms with E-state index >= 15 is 4.39 Å². The first-order valence-corrected chi connectivity index (χ1v) is 12.4. The third kappa shape index (κ3) is 3.00. The van der Waals surface area contributed by atoms with Crippen LogP contribution >= 0.6 is 0 Å². The minimum Gasteiger partial charge on any atom is -0.421 e. The molecule has 4 atom stereocenters. The van der Waals surface area contributed by atoms with Gasteiger partial charge in [-0.1, -0.05) is 11.3 Å². The van der Waals surface area contributed by atoms with Gasteiger partial charge in [0.25, 0.3) is 0 Å². The van der Waals surface area contributed by atoms with Crippen LogP contribution in [0, 0.1) is 29.0 Å². The van der Waals surface area contributed by atoms with E-state index in [9.17, 15) is 18.5 Å². The Bertz CT molecular complexity index is 1430. The molecule has 1 saturated carbocycles. The topological polar surface area (TPSA) is 131 Å². The van der Waals surface area contributed by atoms with E-state index < -0.39 is 33.4 Å². The SMILES string of the molecule is N#CC1(c2ccc(-c3ccc(N4CC(n5ccnn5)OC4=O)cc3F)cn2)[C@@H]2CS(=O)(=O)C[C@@H]21. The largest absolute Gasteiger partial charge is 0.421 e. The molecule has 0 bridgehead atoms. The van der Waals surface area contributed by atoms with Gasteiger partial charge in [0.15, 0.2) is 9.84 Å². The minimum atomic E-state index is -3.10. The number of nitriles is 1. The molecular weight excluding hydrogens is 463 g/mol. The van der Waals surface area contributed by atoms with Gasteiger partial charge >= 0.3 is 6.09 Å². The van der Waals surface area contributed by atoms with Crippen molar-refractivity contribution in [2.45, 2.75) is 11.6 Å². The highest BCUT2D eigenvalue weighted by atomic mass is 32.2. The van der Waals surface area contributed by atoms with Crippen LogP contribution in [0.3, 0.4) is 0 Å². The van der Waals surface area contributed by atoms with Gasteiger partial charge in [0.2, 0.25) is 6.23 Å². The van der Waals surface area contributed by atoms with Crippen LogP contribution in [0.25, 0.3) is 11.1 Å². The third-order valence-electron chi connectivity index (χ3n) is 6.89. The van der Waals surface area contributed by atoms with Gasteiger partial charge in [0.05, 0.1) is 41.7 Å². The number of amides is 1. The van der Waals surface area contributed by atoms with Gasteiger partial charge in [0, 0.05) is 35.4 Å². The maximum absolute atomic E-state index is 15.0. The lowest BCUT2D eigenvalue weighted by Gasteiger charge is -2.15.